The standard InChI is InChI=1S/C16H17NO5/c1-21-10-14(16(19)20)17(22-2)15(18)13-9-5-7-11-6-3-4-8-12(11)13/h3-9,14H,10H2,1-2H3,(H,19,20). The van der Waals surface area contributed by atoms with Crippen molar-refractivity contribution in [2.24, 2.45) is 0 Å². The van der Waals surface area contributed by atoms with Crippen LogP contribution >= 0.6 is 0 Å². The second-order valence-corrected chi connectivity index (χ2v) is 4.65. The van der Waals surface area contributed by atoms with E-state index < -0.39 is 17.9 Å². The van der Waals surface area contributed by atoms with Crippen molar-refractivity contribution in [2.75, 3.05) is 20.8 Å². The molecule has 2 aromatic carbocycles. The first-order valence-electron chi connectivity index (χ1n) is 6.67. The van der Waals surface area contributed by atoms with Crippen molar-refractivity contribution in [3.8, 4) is 0 Å². The van der Waals surface area contributed by atoms with E-state index in [1.54, 1.807) is 12.1 Å². The second kappa shape index (κ2) is 7.02. The van der Waals surface area contributed by atoms with E-state index in [0.717, 1.165) is 15.8 Å². The number of hydrogen-bond acceptors (Lipinski definition) is 4. The van der Waals surface area contributed by atoms with Crippen LogP contribution in [-0.4, -0.2) is 48.9 Å². The fraction of sp³-hybridized carbons (Fsp3) is 0.250. The van der Waals surface area contributed by atoms with Gasteiger partial charge in [-0.2, -0.15) is 0 Å². The van der Waals surface area contributed by atoms with Crippen molar-refractivity contribution in [2.45, 2.75) is 6.04 Å². The van der Waals surface area contributed by atoms with Gasteiger partial charge in [-0.1, -0.05) is 36.4 Å². The molecule has 0 saturated carbocycles. The monoisotopic (exact) mass is 303 g/mol. The largest absolute Gasteiger partial charge is 0.480 e. The normalized spacial score (nSPS) is 12.1. The van der Waals surface area contributed by atoms with Gasteiger partial charge in [0.15, 0.2) is 6.04 Å². The molecule has 22 heavy (non-hydrogen) atoms. The van der Waals surface area contributed by atoms with Crippen molar-refractivity contribution in [3.05, 3.63) is 48.0 Å². The van der Waals surface area contributed by atoms with Gasteiger partial charge in [0.25, 0.3) is 5.91 Å². The quantitative estimate of drug-likeness (QED) is 0.825. The van der Waals surface area contributed by atoms with E-state index >= 15 is 0 Å². The van der Waals surface area contributed by atoms with Crippen LogP contribution in [0.25, 0.3) is 10.8 Å². The molecular weight excluding hydrogens is 286 g/mol. The van der Waals surface area contributed by atoms with Gasteiger partial charge in [0, 0.05) is 12.7 Å². The highest BCUT2D eigenvalue weighted by atomic mass is 16.7. The summed E-state index contributed by atoms with van der Waals surface area (Å²) in [6.07, 6.45) is 0. The summed E-state index contributed by atoms with van der Waals surface area (Å²) in [5, 5.41) is 11.7. The Morgan fingerprint density at radius 2 is 1.82 bits per heavy atom. The number of hydrogen-bond donors (Lipinski definition) is 1. The Hall–Kier alpha value is -2.44. The van der Waals surface area contributed by atoms with Gasteiger partial charge in [0.05, 0.1) is 13.7 Å². The number of ether oxygens (including phenoxy) is 1. The first-order valence-corrected chi connectivity index (χ1v) is 6.67. The molecule has 1 unspecified atom stereocenters. The maximum Gasteiger partial charge on any atom is 0.331 e. The summed E-state index contributed by atoms with van der Waals surface area (Å²) in [5.74, 6) is -1.72. The van der Waals surface area contributed by atoms with Crippen LogP contribution in [0.15, 0.2) is 42.5 Å². The lowest BCUT2D eigenvalue weighted by Gasteiger charge is -2.26. The molecule has 0 bridgehead atoms. The van der Waals surface area contributed by atoms with Gasteiger partial charge in [-0.25, -0.2) is 9.86 Å². The summed E-state index contributed by atoms with van der Waals surface area (Å²) in [5.41, 5.74) is 0.377. The van der Waals surface area contributed by atoms with Crippen molar-refractivity contribution in [1.82, 2.24) is 5.06 Å². The number of carboxylic acid groups (broad SMARTS) is 1. The number of fused-ring (bicyclic) bond motifs is 1. The highest BCUT2D eigenvalue weighted by Crippen LogP contribution is 2.21. The number of carbonyl (C=O) groups excluding carboxylic acids is 1. The van der Waals surface area contributed by atoms with Crippen molar-refractivity contribution in [1.29, 1.82) is 0 Å². The summed E-state index contributed by atoms with van der Waals surface area (Å²) in [6.45, 7) is -0.167. The zero-order valence-corrected chi connectivity index (χ0v) is 12.4. The zero-order valence-electron chi connectivity index (χ0n) is 12.4. The number of nitrogens with zero attached hydrogens (tertiary/aromatic N) is 1. The third-order valence-electron chi connectivity index (χ3n) is 3.31. The Morgan fingerprint density at radius 3 is 2.45 bits per heavy atom. The van der Waals surface area contributed by atoms with Crippen LogP contribution in [-0.2, 0) is 14.4 Å². The van der Waals surface area contributed by atoms with Crippen molar-refractivity contribution in [3.63, 3.8) is 0 Å². The van der Waals surface area contributed by atoms with Crippen LogP contribution in [0.3, 0.4) is 0 Å². The van der Waals surface area contributed by atoms with Gasteiger partial charge in [-0.05, 0) is 16.8 Å². The Labute approximate surface area is 127 Å². The number of carbonyl (C=O) groups is 2. The predicted molar refractivity (Wildman–Crippen MR) is 80.4 cm³/mol. The van der Waals surface area contributed by atoms with Crippen molar-refractivity contribution >= 4 is 22.6 Å². The maximum absolute atomic E-state index is 12.7. The molecule has 0 radical (unpaired) electrons. The highest BCUT2D eigenvalue weighted by Gasteiger charge is 2.31. The molecule has 0 fully saturated rings. The fourth-order valence-electron chi connectivity index (χ4n) is 2.28. The fourth-order valence-corrected chi connectivity index (χ4v) is 2.28. The SMILES string of the molecule is COCC(C(=O)O)N(OC)C(=O)c1cccc2ccccc12. The first-order chi connectivity index (χ1) is 10.6. The molecule has 1 amide bonds. The summed E-state index contributed by atoms with van der Waals surface area (Å²) < 4.78 is 4.87. The minimum Gasteiger partial charge on any atom is -0.480 e. The van der Waals surface area contributed by atoms with E-state index in [9.17, 15) is 14.7 Å². The molecule has 0 aliphatic carbocycles. The topological polar surface area (TPSA) is 76.1 Å². The smallest absolute Gasteiger partial charge is 0.331 e. The van der Waals surface area contributed by atoms with E-state index in [1.165, 1.54) is 14.2 Å². The van der Waals surface area contributed by atoms with E-state index in [4.69, 9.17) is 9.57 Å². The average Bonchev–Trinajstić information content (AvgIpc) is 2.53. The lowest BCUT2D eigenvalue weighted by atomic mass is 10.0. The number of hydroxylamine groups is 2. The first kappa shape index (κ1) is 15.9. The van der Waals surface area contributed by atoms with Crippen LogP contribution in [0.4, 0.5) is 0 Å². The summed E-state index contributed by atoms with van der Waals surface area (Å²) in [4.78, 5) is 29.0. The zero-order chi connectivity index (χ0) is 16.1. The van der Waals surface area contributed by atoms with Gasteiger partial charge in [0.1, 0.15) is 0 Å². The van der Waals surface area contributed by atoms with Crippen LogP contribution in [0, 0.1) is 0 Å². The maximum atomic E-state index is 12.7. The highest BCUT2D eigenvalue weighted by molar-refractivity contribution is 6.07. The molecule has 0 spiro atoms. The van der Waals surface area contributed by atoms with E-state index in [2.05, 4.69) is 0 Å². The van der Waals surface area contributed by atoms with Gasteiger partial charge >= 0.3 is 5.97 Å². The molecule has 0 heterocycles. The average molecular weight is 303 g/mol. The number of methoxy groups -OCH3 is 1. The number of amides is 1. The van der Waals surface area contributed by atoms with Gasteiger partial charge in [-0.15, -0.1) is 0 Å². The molecule has 2 aromatic rings. The minimum atomic E-state index is -1.22. The third kappa shape index (κ3) is 3.08. The van der Waals surface area contributed by atoms with Gasteiger partial charge in [-0.3, -0.25) is 9.63 Å². The van der Waals surface area contributed by atoms with Crippen LogP contribution in [0.1, 0.15) is 10.4 Å². The lowest BCUT2D eigenvalue weighted by molar-refractivity contribution is -0.171. The second-order valence-electron chi connectivity index (χ2n) is 4.65. The van der Waals surface area contributed by atoms with Crippen LogP contribution in [0.2, 0.25) is 0 Å². The number of aliphatic carboxylic acids is 1. The van der Waals surface area contributed by atoms with E-state index in [0.29, 0.717) is 5.56 Å². The van der Waals surface area contributed by atoms with E-state index in [1.807, 2.05) is 30.3 Å². The molecule has 0 aromatic heterocycles. The summed E-state index contributed by atoms with van der Waals surface area (Å²) in [6, 6.07) is 11.4. The Bertz CT molecular complexity index is 680. The van der Waals surface area contributed by atoms with Crippen LogP contribution < -0.4 is 0 Å². The third-order valence-corrected chi connectivity index (χ3v) is 3.31. The Balaban J connectivity index is 2.44. The number of benzene rings is 2. The van der Waals surface area contributed by atoms with E-state index in [-0.39, 0.29) is 6.61 Å². The molecule has 116 valence electrons. The lowest BCUT2D eigenvalue weighted by Crippen LogP contribution is -2.47. The predicted octanol–water partition coefficient (Wildman–Crippen LogP) is 1.94. The molecule has 6 heteroatoms. The molecule has 0 aliphatic heterocycles. The molecule has 1 N–H and O–H groups in total. The molecule has 1 atom stereocenters. The number of rotatable bonds is 6. The summed E-state index contributed by atoms with van der Waals surface area (Å²) in [7, 11) is 2.63. The summed E-state index contributed by atoms with van der Waals surface area (Å²) >= 11 is 0. The van der Waals surface area contributed by atoms with Crippen molar-refractivity contribution < 1.29 is 24.3 Å². The number of carboxylic acids is 1. The Kier molecular flexibility index (Phi) is 5.08. The minimum absolute atomic E-state index is 0.167. The molecule has 2 rings (SSSR count). The molecule has 6 nitrogen and oxygen atoms in total. The van der Waals surface area contributed by atoms with Crippen LogP contribution in [0.5, 0.6) is 0 Å². The molecule has 0 saturated heterocycles. The molecule has 0 aliphatic rings. The van der Waals surface area contributed by atoms with Gasteiger partial charge < -0.3 is 9.84 Å². The van der Waals surface area contributed by atoms with Gasteiger partial charge in [0.2, 0.25) is 0 Å². The Morgan fingerprint density at radius 1 is 1.14 bits per heavy atom. The molecular formula is C16H17NO5.